The number of anilines is 1. The van der Waals surface area contributed by atoms with Crippen LogP contribution in [0.5, 0.6) is 5.75 Å². The lowest BCUT2D eigenvalue weighted by molar-refractivity contribution is -0.143. The molecular weight excluding hydrogens is 493 g/mol. The van der Waals surface area contributed by atoms with Gasteiger partial charge in [0.05, 0.1) is 36.9 Å². The van der Waals surface area contributed by atoms with Gasteiger partial charge in [-0.25, -0.2) is 14.2 Å². The molecule has 0 radical (unpaired) electrons. The summed E-state index contributed by atoms with van der Waals surface area (Å²) < 4.78 is 26.5. The second-order valence-electron chi connectivity index (χ2n) is 10.2. The van der Waals surface area contributed by atoms with Crippen molar-refractivity contribution in [3.8, 4) is 5.75 Å². The number of ether oxygens (including phenoxy) is 2. The Labute approximate surface area is 219 Å². The van der Waals surface area contributed by atoms with E-state index >= 15 is 0 Å². The van der Waals surface area contributed by atoms with Gasteiger partial charge in [-0.3, -0.25) is 9.69 Å². The number of rotatable bonds is 5. The number of imidazole rings is 1. The molecule has 2 aromatic carbocycles. The number of halogens is 1. The second-order valence-corrected chi connectivity index (χ2v) is 10.2. The minimum atomic E-state index is -1.29. The summed E-state index contributed by atoms with van der Waals surface area (Å²) in [6.45, 7) is 1.96. The van der Waals surface area contributed by atoms with Crippen molar-refractivity contribution in [3.05, 3.63) is 53.1 Å². The van der Waals surface area contributed by atoms with Crippen LogP contribution in [0.15, 0.2) is 30.3 Å². The molecule has 1 amide bonds. The van der Waals surface area contributed by atoms with Gasteiger partial charge in [0.1, 0.15) is 23.5 Å². The fraction of sp³-hybridized carbons (Fsp3) is 0.464. The number of aliphatic hydroxyl groups is 1. The molecule has 202 valence electrons. The molecule has 38 heavy (non-hydrogen) atoms. The third-order valence-corrected chi connectivity index (χ3v) is 7.90. The molecule has 4 atom stereocenters. The van der Waals surface area contributed by atoms with E-state index in [-0.39, 0.29) is 23.4 Å². The SMILES string of the molecule is COC(=O)N1c2ccc3c(nc([C@H](O)c4cc(F)cc(OC)c4)n3[C@@H]3CCC[C@@H](C(=O)O)C3)c2CC[C@@H]1C. The maximum atomic E-state index is 14.4. The number of methoxy groups -OCH3 is 2. The Bertz CT molecular complexity index is 1390. The molecule has 2 N–H and O–H groups in total. The molecule has 1 fully saturated rings. The fourth-order valence-corrected chi connectivity index (χ4v) is 6.00. The van der Waals surface area contributed by atoms with Crippen LogP contribution in [0, 0.1) is 11.7 Å². The highest BCUT2D eigenvalue weighted by Gasteiger charge is 2.35. The van der Waals surface area contributed by atoms with Gasteiger partial charge >= 0.3 is 12.1 Å². The van der Waals surface area contributed by atoms with Crippen molar-refractivity contribution >= 4 is 28.8 Å². The summed E-state index contributed by atoms with van der Waals surface area (Å²) in [5.41, 5.74) is 3.23. The van der Waals surface area contributed by atoms with Crippen molar-refractivity contribution < 1.29 is 33.7 Å². The normalized spacial score (nSPS) is 22.1. The number of carboxylic acid groups (broad SMARTS) is 1. The summed E-state index contributed by atoms with van der Waals surface area (Å²) >= 11 is 0. The monoisotopic (exact) mass is 525 g/mol. The third-order valence-electron chi connectivity index (χ3n) is 7.90. The number of carbonyl (C=O) groups is 2. The molecule has 1 saturated carbocycles. The van der Waals surface area contributed by atoms with Crippen LogP contribution >= 0.6 is 0 Å². The van der Waals surface area contributed by atoms with Crippen molar-refractivity contribution in [2.45, 2.75) is 63.6 Å². The minimum absolute atomic E-state index is 0.0611. The van der Waals surface area contributed by atoms with Gasteiger partial charge in [0.15, 0.2) is 0 Å². The Morgan fingerprint density at radius 2 is 1.95 bits per heavy atom. The van der Waals surface area contributed by atoms with E-state index in [1.165, 1.54) is 26.4 Å². The average Bonchev–Trinajstić information content (AvgIpc) is 3.31. The van der Waals surface area contributed by atoms with Gasteiger partial charge in [-0.1, -0.05) is 6.42 Å². The van der Waals surface area contributed by atoms with Gasteiger partial charge in [-0.2, -0.15) is 0 Å². The second kappa shape index (κ2) is 10.2. The largest absolute Gasteiger partial charge is 0.497 e. The first-order chi connectivity index (χ1) is 18.2. The molecule has 2 heterocycles. The Morgan fingerprint density at radius 1 is 1.16 bits per heavy atom. The van der Waals surface area contributed by atoms with E-state index < -0.39 is 29.9 Å². The number of amides is 1. The number of hydrogen-bond donors (Lipinski definition) is 2. The van der Waals surface area contributed by atoms with Crippen LogP contribution in [-0.4, -0.2) is 52.1 Å². The number of carboxylic acids is 1. The summed E-state index contributed by atoms with van der Waals surface area (Å²) in [6.07, 6.45) is 2.08. The number of benzene rings is 2. The lowest BCUT2D eigenvalue weighted by atomic mass is 9.85. The number of aromatic nitrogens is 2. The predicted molar refractivity (Wildman–Crippen MR) is 138 cm³/mol. The quantitative estimate of drug-likeness (QED) is 0.482. The molecule has 1 aromatic heterocycles. The smallest absolute Gasteiger partial charge is 0.414 e. The fourth-order valence-electron chi connectivity index (χ4n) is 6.00. The van der Waals surface area contributed by atoms with Gasteiger partial charge in [-0.05, 0) is 68.9 Å². The number of fused-ring (bicyclic) bond motifs is 3. The zero-order chi connectivity index (χ0) is 27.1. The summed E-state index contributed by atoms with van der Waals surface area (Å²) in [6, 6.07) is 7.49. The number of aliphatic carboxylic acids is 1. The number of nitrogens with zero attached hydrogens (tertiary/aromatic N) is 3. The van der Waals surface area contributed by atoms with Crippen LogP contribution in [0.1, 0.15) is 68.1 Å². The number of aliphatic hydroxyl groups excluding tert-OH is 1. The first-order valence-corrected chi connectivity index (χ1v) is 12.9. The van der Waals surface area contributed by atoms with Gasteiger partial charge in [0.25, 0.3) is 0 Å². The standard InChI is InChI=1S/C28H32FN3O6/c1-15-7-8-21-22(31(15)28(36)38-3)9-10-23-24(21)30-26(25(33)17-11-18(29)14-20(13-17)37-2)32(23)19-6-4-5-16(12-19)27(34)35/h9-11,13-16,19,25,33H,4-8,12H2,1-3H3,(H,34,35)/t15-,16+,19+,25+/m0/s1. The summed E-state index contributed by atoms with van der Waals surface area (Å²) in [7, 11) is 2.77. The summed E-state index contributed by atoms with van der Waals surface area (Å²) in [5, 5.41) is 21.3. The maximum absolute atomic E-state index is 14.4. The van der Waals surface area contributed by atoms with E-state index in [4.69, 9.17) is 14.5 Å². The minimum Gasteiger partial charge on any atom is -0.497 e. The Kier molecular flexibility index (Phi) is 7.00. The highest BCUT2D eigenvalue weighted by molar-refractivity contribution is 5.95. The molecule has 5 rings (SSSR count). The van der Waals surface area contributed by atoms with Crippen LogP contribution in [0.2, 0.25) is 0 Å². The van der Waals surface area contributed by atoms with E-state index in [0.29, 0.717) is 42.7 Å². The highest BCUT2D eigenvalue weighted by Crippen LogP contribution is 2.42. The van der Waals surface area contributed by atoms with Gasteiger partial charge in [0, 0.05) is 23.7 Å². The van der Waals surface area contributed by atoms with E-state index in [9.17, 15) is 24.2 Å². The molecule has 0 spiro atoms. The van der Waals surface area contributed by atoms with Gasteiger partial charge in [0.2, 0.25) is 0 Å². The average molecular weight is 526 g/mol. The molecule has 3 aromatic rings. The molecule has 9 nitrogen and oxygen atoms in total. The molecule has 1 aliphatic heterocycles. The van der Waals surface area contributed by atoms with Crippen LogP contribution in [0.3, 0.4) is 0 Å². The third kappa shape index (κ3) is 4.47. The van der Waals surface area contributed by atoms with Crippen LogP contribution in [0.4, 0.5) is 14.9 Å². The van der Waals surface area contributed by atoms with Crippen LogP contribution in [0.25, 0.3) is 11.0 Å². The molecule has 0 bridgehead atoms. The first kappa shape index (κ1) is 26.0. The predicted octanol–water partition coefficient (Wildman–Crippen LogP) is 4.99. The van der Waals surface area contributed by atoms with Crippen molar-refractivity contribution in [1.82, 2.24) is 9.55 Å². The van der Waals surface area contributed by atoms with Gasteiger partial charge in [-0.15, -0.1) is 0 Å². The molecule has 2 aliphatic rings. The zero-order valence-electron chi connectivity index (χ0n) is 21.7. The Hall–Kier alpha value is -3.66. The van der Waals surface area contributed by atoms with Crippen molar-refractivity contribution in [3.63, 3.8) is 0 Å². The molecule has 0 saturated heterocycles. The molecule has 0 unspecified atom stereocenters. The van der Waals surface area contributed by atoms with E-state index in [0.717, 1.165) is 23.9 Å². The maximum Gasteiger partial charge on any atom is 0.414 e. The molecule has 10 heteroatoms. The Morgan fingerprint density at radius 3 is 2.66 bits per heavy atom. The number of carbonyl (C=O) groups excluding carboxylic acids is 1. The highest BCUT2D eigenvalue weighted by atomic mass is 19.1. The Balaban J connectivity index is 1.70. The van der Waals surface area contributed by atoms with E-state index in [2.05, 4.69) is 0 Å². The molecular formula is C28H32FN3O6. The van der Waals surface area contributed by atoms with Crippen LogP contribution < -0.4 is 9.64 Å². The topological polar surface area (TPSA) is 114 Å². The summed E-state index contributed by atoms with van der Waals surface area (Å²) in [5.74, 6) is -1.31. The zero-order valence-corrected chi connectivity index (χ0v) is 21.7. The summed E-state index contributed by atoms with van der Waals surface area (Å²) in [4.78, 5) is 31.0. The number of hydrogen-bond acceptors (Lipinski definition) is 6. The lowest BCUT2D eigenvalue weighted by Crippen LogP contribution is -2.42. The van der Waals surface area contributed by atoms with E-state index in [1.54, 1.807) is 11.0 Å². The molecule has 1 aliphatic carbocycles. The van der Waals surface area contributed by atoms with E-state index in [1.807, 2.05) is 23.6 Å². The van der Waals surface area contributed by atoms with Crippen molar-refractivity contribution in [2.75, 3.05) is 19.1 Å². The lowest BCUT2D eigenvalue weighted by Gasteiger charge is -2.34. The first-order valence-electron chi connectivity index (χ1n) is 12.9. The van der Waals surface area contributed by atoms with Gasteiger partial charge < -0.3 is 24.3 Å². The number of aryl methyl sites for hydroxylation is 1. The van der Waals surface area contributed by atoms with Crippen molar-refractivity contribution in [2.24, 2.45) is 5.92 Å². The van der Waals surface area contributed by atoms with Crippen LogP contribution in [-0.2, 0) is 16.0 Å². The van der Waals surface area contributed by atoms with Crippen molar-refractivity contribution in [1.29, 1.82) is 0 Å².